The Hall–Kier alpha value is -1.12. The zero-order valence-electron chi connectivity index (χ0n) is 19.8. The quantitative estimate of drug-likeness (QED) is 0.429. The van der Waals surface area contributed by atoms with Crippen LogP contribution >= 0.6 is 0 Å². The van der Waals surface area contributed by atoms with Crippen LogP contribution in [0.3, 0.4) is 0 Å². The monoisotopic (exact) mass is 569 g/mol. The van der Waals surface area contributed by atoms with Crippen molar-refractivity contribution in [3.05, 3.63) is 94.0 Å². The van der Waals surface area contributed by atoms with Gasteiger partial charge in [-0.2, -0.15) is 0 Å². The van der Waals surface area contributed by atoms with Gasteiger partial charge < -0.3 is 29.2 Å². The van der Waals surface area contributed by atoms with Crippen LogP contribution in [0.25, 0.3) is 22.4 Å². The number of halogens is 2. The second kappa shape index (κ2) is 9.86. The predicted octanol–water partition coefficient (Wildman–Crippen LogP) is 1.88. The summed E-state index contributed by atoms with van der Waals surface area (Å²) < 4.78 is 6.18. The smallest absolute Gasteiger partial charge is 1.00 e. The SMILES string of the molecule is CC1=C2c3ccoc3C1[Si]2(C)C.CCc1ccc(-c2cccc3c2C=C(C)[CH]3[Zr+2])cc1.[Cl-].[Cl-]. The molecule has 0 spiro atoms. The van der Waals surface area contributed by atoms with Crippen molar-refractivity contribution in [2.45, 2.75) is 49.5 Å². The van der Waals surface area contributed by atoms with E-state index in [0.29, 0.717) is 9.17 Å². The summed E-state index contributed by atoms with van der Waals surface area (Å²) in [5.41, 5.74) is 12.3. The summed E-state index contributed by atoms with van der Waals surface area (Å²) in [4.78, 5) is 0. The summed E-state index contributed by atoms with van der Waals surface area (Å²) in [5, 5.41) is 1.66. The van der Waals surface area contributed by atoms with Crippen LogP contribution in [-0.4, -0.2) is 8.07 Å². The summed E-state index contributed by atoms with van der Waals surface area (Å²) in [7, 11) is -1.08. The number of allylic oxidation sites excluding steroid dienone is 2. The number of furan rings is 1. The number of rotatable bonds is 2. The Bertz CT molecular complexity index is 1240. The second-order valence-electron chi connectivity index (χ2n) is 9.59. The molecule has 2 aliphatic carbocycles. The van der Waals surface area contributed by atoms with Gasteiger partial charge in [0, 0.05) is 11.1 Å². The van der Waals surface area contributed by atoms with Crippen molar-refractivity contribution in [1.82, 2.24) is 0 Å². The van der Waals surface area contributed by atoms with Crippen molar-refractivity contribution in [1.29, 1.82) is 0 Å². The number of hydrogen-bond acceptors (Lipinski definition) is 1. The van der Waals surface area contributed by atoms with Crippen LogP contribution in [0.4, 0.5) is 0 Å². The summed E-state index contributed by atoms with van der Waals surface area (Å²) in [6.07, 6.45) is 5.30. The van der Waals surface area contributed by atoms with Crippen LogP contribution in [-0.2, 0) is 31.1 Å². The molecule has 0 amide bonds. The van der Waals surface area contributed by atoms with Crippen molar-refractivity contribution < 1.29 is 54.0 Å². The first-order chi connectivity index (χ1) is 14.8. The van der Waals surface area contributed by atoms with Crippen LogP contribution in [0.15, 0.2) is 70.4 Å². The van der Waals surface area contributed by atoms with Crippen molar-refractivity contribution in [2.75, 3.05) is 0 Å². The zero-order chi connectivity index (χ0) is 21.9. The summed E-state index contributed by atoms with van der Waals surface area (Å²) in [5.74, 6) is 1.26. The molecular formula is C28H29Cl2OSiZr. The Kier molecular flexibility index (Phi) is 7.91. The predicted molar refractivity (Wildman–Crippen MR) is 129 cm³/mol. The van der Waals surface area contributed by atoms with E-state index in [1.165, 1.54) is 44.7 Å². The standard InChI is InChI=1S/C18H17.C10H12OSi.2ClH.Zr/c1-3-14-7-9-15(10-8-14)17-6-4-5-16-11-13(2)12-18(16)17;1-6-9-7-4-5-11-8(7)10(6)12(9,2)3;;;/h4-12H,3H2,1-2H3;4-5,10H,1-3H3;2*1H;/q;;;;+2/p-2. The first-order valence-electron chi connectivity index (χ1n) is 11.2. The van der Waals surface area contributed by atoms with E-state index in [4.69, 9.17) is 4.42 Å². The molecular weight excluding hydrogens is 543 g/mol. The van der Waals surface area contributed by atoms with Gasteiger partial charge >= 0.3 is 131 Å². The number of benzene rings is 2. The molecule has 5 heteroatoms. The summed E-state index contributed by atoms with van der Waals surface area (Å²) in [6.45, 7) is 11.6. The number of fused-ring (bicyclic) bond motifs is 1. The molecule has 2 bridgehead atoms. The molecule has 1 nitrogen and oxygen atoms in total. The van der Waals surface area contributed by atoms with E-state index in [-0.39, 0.29) is 24.8 Å². The first-order valence-corrected chi connectivity index (χ1v) is 15.7. The molecule has 0 fully saturated rings. The molecule has 2 atom stereocenters. The maximum absolute atomic E-state index is 5.53. The van der Waals surface area contributed by atoms with E-state index in [1.54, 1.807) is 35.5 Å². The fraction of sp³-hybridized carbons (Fsp3) is 0.286. The molecule has 1 aromatic heterocycles. The Morgan fingerprint density at radius 3 is 2.24 bits per heavy atom. The molecule has 0 saturated heterocycles. The Morgan fingerprint density at radius 2 is 1.64 bits per heavy atom. The third kappa shape index (κ3) is 4.14. The van der Waals surface area contributed by atoms with E-state index in [9.17, 15) is 0 Å². The van der Waals surface area contributed by atoms with Crippen molar-refractivity contribution >= 4 is 19.3 Å². The summed E-state index contributed by atoms with van der Waals surface area (Å²) >= 11 is 1.59. The van der Waals surface area contributed by atoms with Gasteiger partial charge in [-0.15, -0.1) is 0 Å². The minimum absolute atomic E-state index is 0. The third-order valence-corrected chi connectivity index (χ3v) is 13.3. The second-order valence-corrected chi connectivity index (χ2v) is 15.5. The van der Waals surface area contributed by atoms with Crippen LogP contribution in [0.5, 0.6) is 0 Å². The fourth-order valence-electron chi connectivity index (χ4n) is 5.82. The van der Waals surface area contributed by atoms with Gasteiger partial charge in [0.1, 0.15) is 5.76 Å². The van der Waals surface area contributed by atoms with Crippen molar-refractivity contribution in [3.63, 3.8) is 0 Å². The first kappa shape index (κ1) is 26.5. The van der Waals surface area contributed by atoms with Crippen LogP contribution in [0, 0.1) is 0 Å². The van der Waals surface area contributed by atoms with Crippen LogP contribution in [0.1, 0.15) is 58.0 Å². The number of hydrogen-bond donors (Lipinski definition) is 0. The van der Waals surface area contributed by atoms with Gasteiger partial charge in [-0.3, -0.25) is 0 Å². The van der Waals surface area contributed by atoms with Gasteiger partial charge in [-0.1, -0.05) is 18.7 Å². The number of aryl methyl sites for hydroxylation is 1. The topological polar surface area (TPSA) is 13.1 Å². The van der Waals surface area contributed by atoms with E-state index in [1.807, 2.05) is 6.26 Å². The molecule has 3 heterocycles. The largest absolute Gasteiger partial charge is 1.00 e. The van der Waals surface area contributed by atoms with Gasteiger partial charge in [0.2, 0.25) is 0 Å². The van der Waals surface area contributed by atoms with E-state index < -0.39 is 8.07 Å². The van der Waals surface area contributed by atoms with Gasteiger partial charge in [-0.05, 0) is 18.2 Å². The molecule has 0 saturated carbocycles. The zero-order valence-corrected chi connectivity index (χ0v) is 24.8. The third-order valence-electron chi connectivity index (χ3n) is 7.37. The average Bonchev–Trinajstić information content (AvgIpc) is 3.45. The molecule has 7 rings (SSSR count). The van der Waals surface area contributed by atoms with E-state index >= 15 is 0 Å². The molecule has 2 aromatic carbocycles. The van der Waals surface area contributed by atoms with E-state index in [2.05, 4.69) is 88.5 Å². The normalized spacial score (nSPS) is 20.4. The van der Waals surface area contributed by atoms with E-state index in [0.717, 1.165) is 6.42 Å². The molecule has 169 valence electrons. The van der Waals surface area contributed by atoms with Crippen LogP contribution < -0.4 is 24.8 Å². The Morgan fingerprint density at radius 1 is 0.939 bits per heavy atom. The molecule has 0 radical (unpaired) electrons. The molecule has 0 N–H and O–H groups in total. The molecule has 2 unspecified atom stereocenters. The Labute approximate surface area is 226 Å². The summed E-state index contributed by atoms with van der Waals surface area (Å²) in [6, 6.07) is 17.9. The van der Waals surface area contributed by atoms with Gasteiger partial charge in [-0.25, -0.2) is 0 Å². The average molecular weight is 572 g/mol. The fourth-order valence-corrected chi connectivity index (χ4v) is 10.9. The van der Waals surface area contributed by atoms with Gasteiger partial charge in [0.05, 0.1) is 14.3 Å². The molecule has 2 aliphatic heterocycles. The van der Waals surface area contributed by atoms with Gasteiger partial charge in [0.25, 0.3) is 0 Å². The molecule has 3 aromatic rings. The Balaban J connectivity index is 0.000000190. The molecule has 4 aliphatic rings. The van der Waals surface area contributed by atoms with Crippen molar-refractivity contribution in [2.24, 2.45) is 0 Å². The van der Waals surface area contributed by atoms with Crippen LogP contribution in [0.2, 0.25) is 13.1 Å². The minimum Gasteiger partial charge on any atom is -1.00 e. The molecule has 33 heavy (non-hydrogen) atoms. The maximum Gasteiger partial charge on any atom is -1.00 e. The van der Waals surface area contributed by atoms with Crippen molar-refractivity contribution in [3.8, 4) is 11.1 Å². The minimum atomic E-state index is -1.08. The van der Waals surface area contributed by atoms with Gasteiger partial charge in [0.15, 0.2) is 0 Å². The maximum atomic E-state index is 5.53.